The van der Waals surface area contributed by atoms with Crippen LogP contribution in [0.1, 0.15) is 41.4 Å². The van der Waals surface area contributed by atoms with Gasteiger partial charge in [-0.1, -0.05) is 42.5 Å². The minimum absolute atomic E-state index is 0.210. The van der Waals surface area contributed by atoms with Crippen molar-refractivity contribution in [1.82, 2.24) is 10.6 Å². The van der Waals surface area contributed by atoms with Crippen molar-refractivity contribution in [3.05, 3.63) is 102 Å². The van der Waals surface area contributed by atoms with Gasteiger partial charge in [0.25, 0.3) is 5.91 Å². The van der Waals surface area contributed by atoms with Crippen LogP contribution < -0.4 is 20.7 Å². The van der Waals surface area contributed by atoms with Crippen LogP contribution >= 0.6 is 0 Å². The Hall–Kier alpha value is -4.39. The van der Waals surface area contributed by atoms with Gasteiger partial charge in [-0.05, 0) is 67.4 Å². The molecule has 2 unspecified atom stereocenters. The molecule has 0 fully saturated rings. The fraction of sp³-hybridized carbons (Fsp3) is 0.179. The largest absolute Gasteiger partial charge is 0.497 e. The smallest absolute Gasteiger partial charge is 0.255 e. The number of nitrogens with one attached hydrogen (secondary N) is 3. The number of hydrogen-bond acceptors (Lipinski definition) is 4. The second-order valence-corrected chi connectivity index (χ2v) is 8.01. The van der Waals surface area contributed by atoms with Gasteiger partial charge in [0.05, 0.1) is 13.2 Å². The normalized spacial score (nSPS) is 12.4. The van der Waals surface area contributed by atoms with Crippen molar-refractivity contribution in [1.29, 1.82) is 0 Å². The number of rotatable bonds is 9. The summed E-state index contributed by atoms with van der Waals surface area (Å²) in [7, 11) is 1.59. The van der Waals surface area contributed by atoms with Crippen molar-refractivity contribution in [3.63, 3.8) is 0 Å². The molecule has 0 aliphatic heterocycles. The van der Waals surface area contributed by atoms with Crippen LogP contribution in [0, 0.1) is 0 Å². The maximum atomic E-state index is 12.6. The first-order chi connectivity index (χ1) is 16.9. The number of anilines is 1. The molecular weight excluding hydrogens is 442 g/mol. The van der Waals surface area contributed by atoms with Gasteiger partial charge >= 0.3 is 0 Å². The van der Waals surface area contributed by atoms with Gasteiger partial charge in [-0.15, -0.1) is 0 Å². The highest BCUT2D eigenvalue weighted by atomic mass is 16.5. The molecule has 3 aromatic rings. The molecular formula is C28H29N3O4. The van der Waals surface area contributed by atoms with Crippen LogP contribution in [0.4, 0.5) is 5.69 Å². The summed E-state index contributed by atoms with van der Waals surface area (Å²) in [6.45, 7) is 3.46. The Bertz CT molecular complexity index is 1190. The average molecular weight is 472 g/mol. The molecule has 0 aromatic heterocycles. The Kier molecular flexibility index (Phi) is 8.78. The zero-order valence-corrected chi connectivity index (χ0v) is 19.9. The van der Waals surface area contributed by atoms with E-state index in [4.69, 9.17) is 4.74 Å². The average Bonchev–Trinajstić information content (AvgIpc) is 2.88. The lowest BCUT2D eigenvalue weighted by Gasteiger charge is -2.19. The predicted octanol–water partition coefficient (Wildman–Crippen LogP) is 4.34. The topological polar surface area (TPSA) is 96.5 Å². The van der Waals surface area contributed by atoms with E-state index in [1.165, 1.54) is 6.08 Å². The molecule has 0 aliphatic rings. The minimum Gasteiger partial charge on any atom is -0.497 e. The highest BCUT2D eigenvalue weighted by Crippen LogP contribution is 2.18. The van der Waals surface area contributed by atoms with Crippen LogP contribution in [-0.2, 0) is 9.59 Å². The maximum Gasteiger partial charge on any atom is 0.255 e. The van der Waals surface area contributed by atoms with Gasteiger partial charge in [-0.25, -0.2) is 0 Å². The summed E-state index contributed by atoms with van der Waals surface area (Å²) in [5.74, 6) is -0.169. The molecule has 3 aromatic carbocycles. The summed E-state index contributed by atoms with van der Waals surface area (Å²) < 4.78 is 5.11. The second-order valence-electron chi connectivity index (χ2n) is 8.01. The molecule has 0 spiro atoms. The van der Waals surface area contributed by atoms with Crippen molar-refractivity contribution >= 4 is 29.5 Å². The van der Waals surface area contributed by atoms with Crippen LogP contribution in [0.15, 0.2) is 84.9 Å². The van der Waals surface area contributed by atoms with E-state index in [-0.39, 0.29) is 23.8 Å². The maximum absolute atomic E-state index is 12.6. The minimum atomic E-state index is -0.730. The summed E-state index contributed by atoms with van der Waals surface area (Å²) in [4.78, 5) is 37.3. The van der Waals surface area contributed by atoms with Crippen LogP contribution in [0.5, 0.6) is 5.75 Å². The number of carbonyl (C=O) groups is 3. The first-order valence-electron chi connectivity index (χ1n) is 11.2. The van der Waals surface area contributed by atoms with Crippen molar-refractivity contribution in [2.75, 3.05) is 12.4 Å². The van der Waals surface area contributed by atoms with Crippen molar-refractivity contribution in [2.45, 2.75) is 25.9 Å². The zero-order valence-electron chi connectivity index (χ0n) is 19.9. The lowest BCUT2D eigenvalue weighted by atomic mass is 10.1. The Balaban J connectivity index is 1.53. The van der Waals surface area contributed by atoms with Gasteiger partial charge in [0.2, 0.25) is 11.8 Å². The van der Waals surface area contributed by atoms with Gasteiger partial charge < -0.3 is 20.7 Å². The van der Waals surface area contributed by atoms with E-state index in [1.54, 1.807) is 62.6 Å². The fourth-order valence-corrected chi connectivity index (χ4v) is 3.31. The quantitative estimate of drug-likeness (QED) is 0.405. The van der Waals surface area contributed by atoms with Crippen molar-refractivity contribution in [3.8, 4) is 5.75 Å². The van der Waals surface area contributed by atoms with Crippen LogP contribution in [0.25, 0.3) is 6.08 Å². The number of methoxy groups -OCH3 is 1. The van der Waals surface area contributed by atoms with Gasteiger partial charge in [0, 0.05) is 17.3 Å². The fourth-order valence-electron chi connectivity index (χ4n) is 3.31. The molecule has 0 saturated heterocycles. The molecule has 7 nitrogen and oxygen atoms in total. The summed E-state index contributed by atoms with van der Waals surface area (Å²) in [5, 5.41) is 8.43. The van der Waals surface area contributed by atoms with Crippen molar-refractivity contribution in [2.24, 2.45) is 0 Å². The molecule has 7 heteroatoms. The molecule has 0 aliphatic carbocycles. The standard InChI is InChI=1S/C28H29N3O4/c1-19(23-10-7-11-24(18-23)31-28(34)22-8-5-4-6-9-22)30-27(33)20(2)29-26(32)17-14-21-12-15-25(35-3)16-13-21/h4-20H,1-3H3,(H,29,32)(H,30,33)(H,31,34)/b17-14+. The third-order valence-corrected chi connectivity index (χ3v) is 5.33. The van der Waals surface area contributed by atoms with Gasteiger partial charge in [0.15, 0.2) is 0 Å². The summed E-state index contributed by atoms with van der Waals surface area (Å²) in [6, 6.07) is 22.4. The molecule has 0 saturated carbocycles. The third kappa shape index (κ3) is 7.57. The van der Waals surface area contributed by atoms with E-state index in [1.807, 2.05) is 43.3 Å². The van der Waals surface area contributed by atoms with E-state index in [0.29, 0.717) is 11.3 Å². The zero-order chi connectivity index (χ0) is 25.2. The number of ether oxygens (including phenoxy) is 1. The number of amides is 3. The monoisotopic (exact) mass is 471 g/mol. The van der Waals surface area contributed by atoms with Gasteiger partial charge in [0.1, 0.15) is 11.8 Å². The first kappa shape index (κ1) is 25.2. The summed E-state index contributed by atoms with van der Waals surface area (Å²) in [5.41, 5.74) is 2.85. The Labute approximate surface area is 205 Å². The van der Waals surface area contributed by atoms with E-state index in [0.717, 1.165) is 16.9 Å². The third-order valence-electron chi connectivity index (χ3n) is 5.33. The lowest BCUT2D eigenvalue weighted by molar-refractivity contribution is -0.127. The highest BCUT2D eigenvalue weighted by Gasteiger charge is 2.18. The van der Waals surface area contributed by atoms with E-state index in [2.05, 4.69) is 16.0 Å². The molecule has 180 valence electrons. The van der Waals surface area contributed by atoms with E-state index < -0.39 is 6.04 Å². The molecule has 0 radical (unpaired) electrons. The predicted molar refractivity (Wildman–Crippen MR) is 137 cm³/mol. The molecule has 3 N–H and O–H groups in total. The number of benzene rings is 3. The van der Waals surface area contributed by atoms with Crippen LogP contribution in [-0.4, -0.2) is 30.9 Å². The second kappa shape index (κ2) is 12.2. The molecule has 0 bridgehead atoms. The summed E-state index contributed by atoms with van der Waals surface area (Å²) >= 11 is 0. The number of hydrogen-bond donors (Lipinski definition) is 3. The van der Waals surface area contributed by atoms with Gasteiger partial charge in [-0.3, -0.25) is 14.4 Å². The lowest BCUT2D eigenvalue weighted by Crippen LogP contribution is -2.45. The number of carbonyl (C=O) groups excluding carboxylic acids is 3. The summed E-state index contributed by atoms with van der Waals surface area (Å²) in [6.07, 6.45) is 3.05. The molecule has 0 heterocycles. The Morgan fingerprint density at radius 3 is 2.26 bits per heavy atom. The Morgan fingerprint density at radius 2 is 1.57 bits per heavy atom. The van der Waals surface area contributed by atoms with Crippen LogP contribution in [0.3, 0.4) is 0 Å². The molecule has 2 atom stereocenters. The first-order valence-corrected chi connectivity index (χ1v) is 11.2. The van der Waals surface area contributed by atoms with Crippen molar-refractivity contribution < 1.29 is 19.1 Å². The van der Waals surface area contributed by atoms with Gasteiger partial charge in [-0.2, -0.15) is 0 Å². The molecule has 3 amide bonds. The van der Waals surface area contributed by atoms with E-state index >= 15 is 0 Å². The van der Waals surface area contributed by atoms with E-state index in [9.17, 15) is 14.4 Å². The SMILES string of the molecule is COc1ccc(/C=C/C(=O)NC(C)C(=O)NC(C)c2cccc(NC(=O)c3ccccc3)c2)cc1. The molecule has 3 rings (SSSR count). The Morgan fingerprint density at radius 1 is 0.857 bits per heavy atom. The molecule has 35 heavy (non-hydrogen) atoms. The van der Waals surface area contributed by atoms with Crippen LogP contribution in [0.2, 0.25) is 0 Å². The highest BCUT2D eigenvalue weighted by molar-refractivity contribution is 6.04.